The molecule has 4 rings (SSSR count). The Morgan fingerprint density at radius 1 is 1.06 bits per heavy atom. The van der Waals surface area contributed by atoms with Crippen molar-refractivity contribution in [1.29, 1.82) is 5.26 Å². The number of carboxylic acids is 1. The van der Waals surface area contributed by atoms with Crippen molar-refractivity contribution in [2.75, 3.05) is 13.2 Å². The standard InChI is InChI=1S/C27H29N3O5/c28-13-7-1-2-12-24(25(31)29-15-17-14-22(17)26(32)33)30-27(34)35-16-23-20-10-5-3-8-18(20)19-9-4-6-11-21(19)23/h3-6,8-11,17,22-24H,1-2,7,12,14-16H2,(H,29,31)(H,30,34)(H,32,33). The van der Waals surface area contributed by atoms with Gasteiger partial charge in [-0.1, -0.05) is 48.5 Å². The summed E-state index contributed by atoms with van der Waals surface area (Å²) in [5, 5.41) is 23.2. The Balaban J connectivity index is 1.34. The Hall–Kier alpha value is -3.86. The lowest BCUT2D eigenvalue weighted by Gasteiger charge is -2.20. The van der Waals surface area contributed by atoms with Crippen LogP contribution in [0.25, 0.3) is 11.1 Å². The number of aliphatic carboxylic acids is 1. The smallest absolute Gasteiger partial charge is 0.407 e. The van der Waals surface area contributed by atoms with Gasteiger partial charge in [0.05, 0.1) is 12.0 Å². The second kappa shape index (κ2) is 11.0. The molecule has 0 aromatic heterocycles. The van der Waals surface area contributed by atoms with Crippen LogP contribution in [0.3, 0.4) is 0 Å². The summed E-state index contributed by atoms with van der Waals surface area (Å²) in [5.74, 6) is -1.80. The molecule has 2 aromatic carbocycles. The van der Waals surface area contributed by atoms with E-state index in [1.807, 2.05) is 36.4 Å². The average Bonchev–Trinajstić information content (AvgIpc) is 3.59. The summed E-state index contributed by atoms with van der Waals surface area (Å²) in [7, 11) is 0. The van der Waals surface area contributed by atoms with Crippen molar-refractivity contribution >= 4 is 18.0 Å². The predicted molar refractivity (Wildman–Crippen MR) is 128 cm³/mol. The van der Waals surface area contributed by atoms with Gasteiger partial charge in [-0.3, -0.25) is 9.59 Å². The van der Waals surface area contributed by atoms with Gasteiger partial charge in [0.2, 0.25) is 5.91 Å². The lowest BCUT2D eigenvalue weighted by Crippen LogP contribution is -2.47. The Morgan fingerprint density at radius 2 is 1.71 bits per heavy atom. The fraction of sp³-hybridized carbons (Fsp3) is 0.407. The average molecular weight is 476 g/mol. The van der Waals surface area contributed by atoms with E-state index in [2.05, 4.69) is 28.8 Å². The van der Waals surface area contributed by atoms with E-state index < -0.39 is 24.0 Å². The number of benzene rings is 2. The fourth-order valence-corrected chi connectivity index (χ4v) is 4.73. The molecule has 2 aliphatic rings. The van der Waals surface area contributed by atoms with Crippen LogP contribution in [0.15, 0.2) is 48.5 Å². The highest BCUT2D eigenvalue weighted by molar-refractivity contribution is 5.86. The lowest BCUT2D eigenvalue weighted by molar-refractivity contribution is -0.139. The number of fused-ring (bicyclic) bond motifs is 3. The zero-order chi connectivity index (χ0) is 24.8. The van der Waals surface area contributed by atoms with Crippen molar-refractivity contribution in [3.05, 3.63) is 59.7 Å². The number of carbonyl (C=O) groups is 3. The summed E-state index contributed by atoms with van der Waals surface area (Å²) < 4.78 is 5.57. The molecule has 35 heavy (non-hydrogen) atoms. The minimum Gasteiger partial charge on any atom is -0.481 e. The lowest BCUT2D eigenvalue weighted by atomic mass is 9.98. The molecule has 0 aliphatic heterocycles. The molecular formula is C27H29N3O5. The van der Waals surface area contributed by atoms with Crippen molar-refractivity contribution in [3.8, 4) is 17.2 Å². The van der Waals surface area contributed by atoms with Crippen LogP contribution in [0.2, 0.25) is 0 Å². The summed E-state index contributed by atoms with van der Waals surface area (Å²) >= 11 is 0. The number of rotatable bonds is 11. The van der Waals surface area contributed by atoms with Crippen LogP contribution >= 0.6 is 0 Å². The van der Waals surface area contributed by atoms with Crippen molar-refractivity contribution < 1.29 is 24.2 Å². The summed E-state index contributed by atoms with van der Waals surface area (Å²) in [6.07, 6.45) is 1.82. The first-order valence-corrected chi connectivity index (χ1v) is 12.0. The third-order valence-corrected chi connectivity index (χ3v) is 6.76. The van der Waals surface area contributed by atoms with Crippen molar-refractivity contribution in [2.24, 2.45) is 11.8 Å². The van der Waals surface area contributed by atoms with Gasteiger partial charge in [-0.2, -0.15) is 5.26 Å². The zero-order valence-corrected chi connectivity index (χ0v) is 19.4. The molecule has 2 amide bonds. The molecule has 182 valence electrons. The topological polar surface area (TPSA) is 129 Å². The number of nitriles is 1. The van der Waals surface area contributed by atoms with Gasteiger partial charge in [0, 0.05) is 18.9 Å². The largest absolute Gasteiger partial charge is 0.481 e. The van der Waals surface area contributed by atoms with Crippen molar-refractivity contribution in [3.63, 3.8) is 0 Å². The molecule has 0 heterocycles. The number of nitrogens with one attached hydrogen (secondary N) is 2. The maximum absolute atomic E-state index is 12.7. The quantitative estimate of drug-likeness (QED) is 0.424. The van der Waals surface area contributed by atoms with E-state index in [0.29, 0.717) is 32.1 Å². The van der Waals surface area contributed by atoms with Gasteiger partial charge in [-0.25, -0.2) is 4.79 Å². The zero-order valence-electron chi connectivity index (χ0n) is 19.4. The fourth-order valence-electron chi connectivity index (χ4n) is 4.73. The van der Waals surface area contributed by atoms with Gasteiger partial charge in [0.15, 0.2) is 0 Å². The maximum Gasteiger partial charge on any atom is 0.407 e. The van der Waals surface area contributed by atoms with E-state index in [9.17, 15) is 14.4 Å². The Bertz CT molecular complexity index is 1100. The molecule has 8 nitrogen and oxygen atoms in total. The highest BCUT2D eigenvalue weighted by Gasteiger charge is 2.43. The molecule has 8 heteroatoms. The van der Waals surface area contributed by atoms with Crippen LogP contribution in [0.4, 0.5) is 4.79 Å². The summed E-state index contributed by atoms with van der Waals surface area (Å²) in [5.41, 5.74) is 4.47. The van der Waals surface area contributed by atoms with Crippen LogP contribution < -0.4 is 10.6 Å². The predicted octanol–water partition coefficient (Wildman–Crippen LogP) is 3.81. The number of hydrogen-bond acceptors (Lipinski definition) is 5. The first kappa shape index (κ1) is 24.3. The SMILES string of the molecule is N#CCCCCC(NC(=O)OCC1c2ccccc2-c2ccccc21)C(=O)NCC1CC1C(=O)O. The van der Waals surface area contributed by atoms with Gasteiger partial charge in [0.25, 0.3) is 0 Å². The monoisotopic (exact) mass is 475 g/mol. The summed E-state index contributed by atoms with van der Waals surface area (Å²) in [6, 6.07) is 17.4. The van der Waals surface area contributed by atoms with E-state index in [1.54, 1.807) is 0 Å². The van der Waals surface area contributed by atoms with Gasteiger partial charge in [-0.05, 0) is 53.9 Å². The molecule has 1 fully saturated rings. The molecule has 1 saturated carbocycles. The molecule has 3 N–H and O–H groups in total. The normalized spacial score (nSPS) is 18.5. The first-order valence-electron chi connectivity index (χ1n) is 12.0. The van der Waals surface area contributed by atoms with E-state index in [1.165, 1.54) is 0 Å². The highest BCUT2D eigenvalue weighted by atomic mass is 16.5. The van der Waals surface area contributed by atoms with E-state index in [0.717, 1.165) is 22.3 Å². The molecule has 0 radical (unpaired) electrons. The van der Waals surface area contributed by atoms with Crippen LogP contribution in [-0.2, 0) is 14.3 Å². The number of nitrogens with zero attached hydrogens (tertiary/aromatic N) is 1. The summed E-state index contributed by atoms with van der Waals surface area (Å²) in [6.45, 7) is 0.405. The van der Waals surface area contributed by atoms with Crippen LogP contribution in [0, 0.1) is 23.2 Å². The number of ether oxygens (including phenoxy) is 1. The minimum absolute atomic E-state index is 0.0786. The van der Waals surface area contributed by atoms with Gasteiger partial charge >= 0.3 is 12.1 Å². The van der Waals surface area contributed by atoms with E-state index in [-0.39, 0.29) is 30.9 Å². The molecule has 0 spiro atoms. The molecule has 3 unspecified atom stereocenters. The first-order chi connectivity index (χ1) is 17.0. The molecular weight excluding hydrogens is 446 g/mol. The second-order valence-corrected chi connectivity index (χ2v) is 9.11. The second-order valence-electron chi connectivity index (χ2n) is 9.11. The number of unbranched alkanes of at least 4 members (excludes halogenated alkanes) is 2. The van der Waals surface area contributed by atoms with Gasteiger partial charge in [0.1, 0.15) is 12.6 Å². The molecule has 2 aliphatic carbocycles. The van der Waals surface area contributed by atoms with Crippen molar-refractivity contribution in [1.82, 2.24) is 10.6 Å². The third kappa shape index (κ3) is 5.80. The van der Waals surface area contributed by atoms with Gasteiger partial charge in [-0.15, -0.1) is 0 Å². The Morgan fingerprint density at radius 3 is 2.31 bits per heavy atom. The number of hydrogen-bond donors (Lipinski definition) is 3. The number of amides is 2. The van der Waals surface area contributed by atoms with Crippen molar-refractivity contribution in [2.45, 2.75) is 44.1 Å². The Kier molecular flexibility index (Phi) is 7.66. The molecule has 0 saturated heterocycles. The van der Waals surface area contributed by atoms with E-state index in [4.69, 9.17) is 15.1 Å². The third-order valence-electron chi connectivity index (χ3n) is 6.76. The number of carboxylic acid groups (broad SMARTS) is 1. The highest BCUT2D eigenvalue weighted by Crippen LogP contribution is 2.44. The Labute approximate surface area is 204 Å². The molecule has 3 atom stereocenters. The maximum atomic E-state index is 12.7. The van der Waals surface area contributed by atoms with E-state index >= 15 is 0 Å². The molecule has 0 bridgehead atoms. The van der Waals surface area contributed by atoms with Crippen LogP contribution in [-0.4, -0.2) is 42.3 Å². The van der Waals surface area contributed by atoms with Gasteiger partial charge < -0.3 is 20.5 Å². The van der Waals surface area contributed by atoms with Crippen LogP contribution in [0.5, 0.6) is 0 Å². The molecule has 2 aromatic rings. The van der Waals surface area contributed by atoms with Crippen LogP contribution in [0.1, 0.15) is 49.1 Å². The minimum atomic E-state index is -0.853. The number of alkyl carbamates (subject to hydrolysis) is 1. The summed E-state index contributed by atoms with van der Waals surface area (Å²) in [4.78, 5) is 36.4. The number of carbonyl (C=O) groups excluding carboxylic acids is 2.